The molecule has 2 aromatic carbocycles. The Morgan fingerprint density at radius 2 is 0.933 bits per heavy atom. The number of likely N-dealkylation sites (N-methyl/N-ethyl adjacent to an activating group) is 7. The van der Waals surface area contributed by atoms with Crippen molar-refractivity contribution in [2.45, 2.75) is 235 Å². The first-order chi connectivity index (χ1) is 48.5. The fourth-order valence-electron chi connectivity index (χ4n) is 13.7. The average molecular weight is 1460 g/mol. The van der Waals surface area contributed by atoms with Gasteiger partial charge < -0.3 is 70.1 Å². The van der Waals surface area contributed by atoms with Gasteiger partial charge in [0.25, 0.3) is 0 Å². The zero-order chi connectivity index (χ0) is 78.8. The van der Waals surface area contributed by atoms with Crippen LogP contribution in [-0.2, 0) is 67.0 Å². The Bertz CT molecular complexity index is 3310. The smallest absolute Gasteiger partial charge is 0.433 e. The van der Waals surface area contributed by atoms with Crippen molar-refractivity contribution in [3.63, 3.8) is 0 Å². The van der Waals surface area contributed by atoms with Crippen LogP contribution in [0, 0.1) is 41.4 Å². The average Bonchev–Trinajstić information content (AvgIpc) is 1.63. The maximum absolute atomic E-state index is 15.5. The predicted octanol–water partition coefficient (Wildman–Crippen LogP) is 5.97. The van der Waals surface area contributed by atoms with Crippen LogP contribution in [0.25, 0.3) is 11.1 Å². The van der Waals surface area contributed by atoms with E-state index in [0.717, 1.165) is 32.1 Å². The van der Waals surface area contributed by atoms with Gasteiger partial charge in [-0.1, -0.05) is 145 Å². The van der Waals surface area contributed by atoms with E-state index in [2.05, 4.69) is 21.3 Å². The molecule has 27 heteroatoms. The van der Waals surface area contributed by atoms with E-state index < -0.39 is 168 Å². The zero-order valence-electron chi connectivity index (χ0n) is 65.9. The molecule has 2 aromatic rings. The highest BCUT2D eigenvalue weighted by atomic mass is 16.7. The minimum atomic E-state index is -1.81. The maximum atomic E-state index is 15.5. The summed E-state index contributed by atoms with van der Waals surface area (Å²) in [6.07, 6.45) is -2.85. The summed E-state index contributed by atoms with van der Waals surface area (Å²) < 4.78 is 10.6. The zero-order valence-corrected chi connectivity index (χ0v) is 65.9. The molecule has 580 valence electrons. The van der Waals surface area contributed by atoms with Crippen LogP contribution < -0.4 is 21.3 Å². The minimum Gasteiger partial charge on any atom is -0.433 e. The van der Waals surface area contributed by atoms with Crippen LogP contribution in [0.15, 0.2) is 48.5 Å². The van der Waals surface area contributed by atoms with E-state index in [4.69, 9.17) is 9.47 Å². The molecule has 27 nitrogen and oxygen atoms in total. The molecular formula is C77H121N11O16. The van der Waals surface area contributed by atoms with Crippen LogP contribution in [0.2, 0.25) is 0 Å². The third kappa shape index (κ3) is 23.0. The monoisotopic (exact) mass is 1460 g/mol. The van der Waals surface area contributed by atoms with Gasteiger partial charge in [0.15, 0.2) is 0 Å². The maximum Gasteiger partial charge on any atom is 0.516 e. The molecule has 1 fully saturated rings. The number of nitrogens with zero attached hydrogens (tertiary/aromatic N) is 7. The van der Waals surface area contributed by atoms with Crippen LogP contribution in [0.4, 0.5) is 4.79 Å². The molecule has 2 aliphatic rings. The number of aliphatic hydroxyl groups is 1. The largest absolute Gasteiger partial charge is 0.516 e. The Morgan fingerprint density at radius 1 is 0.490 bits per heavy atom. The van der Waals surface area contributed by atoms with Crippen LogP contribution in [0.3, 0.4) is 0 Å². The topological polar surface area (TPSA) is 331 Å². The van der Waals surface area contributed by atoms with Gasteiger partial charge in [0.2, 0.25) is 65.0 Å². The number of esters is 1. The van der Waals surface area contributed by atoms with E-state index in [1.807, 2.05) is 104 Å². The Labute approximate surface area is 616 Å². The third-order valence-corrected chi connectivity index (χ3v) is 19.9. The summed E-state index contributed by atoms with van der Waals surface area (Å²) in [6, 6.07) is 2.39. The van der Waals surface area contributed by atoms with Crippen molar-refractivity contribution in [1.82, 2.24) is 55.6 Å². The van der Waals surface area contributed by atoms with Crippen molar-refractivity contribution < 1.29 is 76.9 Å². The van der Waals surface area contributed by atoms with Gasteiger partial charge >= 0.3 is 12.1 Å². The quantitative estimate of drug-likeness (QED) is 0.0799. The van der Waals surface area contributed by atoms with Crippen molar-refractivity contribution in [3.8, 4) is 11.1 Å². The summed E-state index contributed by atoms with van der Waals surface area (Å²) in [5.41, 5.74) is 3.93. The predicted molar refractivity (Wildman–Crippen MR) is 394 cm³/mol. The number of nitrogens with one attached hydrogen (secondary N) is 4. The number of hydrogen-bond acceptors (Lipinski definition) is 16. The van der Waals surface area contributed by atoms with Crippen LogP contribution in [0.5, 0.6) is 0 Å². The molecule has 0 saturated carbocycles. The summed E-state index contributed by atoms with van der Waals surface area (Å²) in [6.45, 7) is 26.9. The molecule has 11 amide bonds. The molecule has 1 heterocycles. The molecule has 0 bridgehead atoms. The lowest BCUT2D eigenvalue weighted by Crippen LogP contribution is -2.63. The number of carbonyl (C=O) groups is 13. The lowest BCUT2D eigenvalue weighted by atomic mass is 9.90. The number of hydrogen-bond donors (Lipinski definition) is 5. The second-order valence-corrected chi connectivity index (χ2v) is 30.9. The molecule has 5 N–H and O–H groups in total. The van der Waals surface area contributed by atoms with Crippen molar-refractivity contribution in [2.75, 3.05) is 62.5 Å². The molecule has 0 unspecified atom stereocenters. The molecule has 1 aliphatic heterocycles. The van der Waals surface area contributed by atoms with Gasteiger partial charge in [-0.25, -0.2) is 4.79 Å². The summed E-state index contributed by atoms with van der Waals surface area (Å²) in [7, 11) is 9.66. The van der Waals surface area contributed by atoms with Crippen LogP contribution in [0.1, 0.15) is 179 Å². The molecular weight excluding hydrogens is 1330 g/mol. The molecule has 4 rings (SSSR count). The second-order valence-electron chi connectivity index (χ2n) is 30.9. The van der Waals surface area contributed by atoms with Gasteiger partial charge in [-0.15, -0.1) is 0 Å². The molecule has 0 radical (unpaired) electrons. The standard InChI is InChI=1S/C77H121N11O16/c1-24-56-72(97)82(17)40-61(89)83(18)57(36-42(2)3)69(94)81-63(46(10)11)75(100)84(19)58(37-43(4)5)68(93)78-49(15)67(92)79-50(16)71(96)85(20)59(38-44(6)7)73(98)86(21)60(39-45(8)9)74(99)87(22)64(47(12)13)76(101)88(23)65(70(95)80-56)66(91)48(14)30-29-35-62(90)104-77(102)103-41-55-53-33-27-25-31-51(53)52-32-26-28-34-54(52)55/h25-28,31-34,42-50,55-60,63-66,91H,24,29-30,35-41H2,1-23H3,(H,78,93)(H,79,92)(H,80,95)(H,81,94)/t48-,49+,50-,56+,57+,58+,59+,60+,63+,64+,65+,66-/m1/s1. The van der Waals surface area contributed by atoms with E-state index in [0.29, 0.717) is 0 Å². The molecule has 0 spiro atoms. The highest BCUT2D eigenvalue weighted by Gasteiger charge is 2.46. The van der Waals surface area contributed by atoms with Gasteiger partial charge in [-0.05, 0) is 122 Å². The molecule has 12 atom stereocenters. The summed E-state index contributed by atoms with van der Waals surface area (Å²) in [5.74, 6) is -12.2. The van der Waals surface area contributed by atoms with Gasteiger partial charge in [0.1, 0.15) is 67.0 Å². The van der Waals surface area contributed by atoms with Crippen molar-refractivity contribution in [1.29, 1.82) is 0 Å². The van der Waals surface area contributed by atoms with Crippen molar-refractivity contribution in [2.24, 2.45) is 41.4 Å². The first kappa shape index (κ1) is 87.9. The number of carbonyl (C=O) groups excluding carboxylic acids is 13. The number of aliphatic hydroxyl groups excluding tert-OH is 1. The van der Waals surface area contributed by atoms with Crippen LogP contribution in [-0.4, -0.2) is 246 Å². The Balaban J connectivity index is 1.80. The Kier molecular flexibility index (Phi) is 33.5. The first-order valence-electron chi connectivity index (χ1n) is 36.8. The van der Waals surface area contributed by atoms with Crippen LogP contribution >= 0.6 is 0 Å². The fourth-order valence-corrected chi connectivity index (χ4v) is 13.7. The number of amides is 11. The lowest BCUT2D eigenvalue weighted by molar-refractivity contribution is -0.157. The molecule has 104 heavy (non-hydrogen) atoms. The first-order valence-corrected chi connectivity index (χ1v) is 36.8. The lowest BCUT2D eigenvalue weighted by Gasteiger charge is -2.41. The van der Waals surface area contributed by atoms with Crippen molar-refractivity contribution in [3.05, 3.63) is 59.7 Å². The van der Waals surface area contributed by atoms with Crippen molar-refractivity contribution >= 4 is 77.1 Å². The van der Waals surface area contributed by atoms with Gasteiger partial charge in [-0.3, -0.25) is 57.5 Å². The van der Waals surface area contributed by atoms with E-state index in [1.165, 1.54) is 87.7 Å². The number of fused-ring (bicyclic) bond motifs is 3. The van der Waals surface area contributed by atoms with Gasteiger partial charge in [0.05, 0.1) is 12.6 Å². The van der Waals surface area contributed by atoms with E-state index >= 15 is 19.2 Å². The third-order valence-electron chi connectivity index (χ3n) is 19.9. The number of ether oxygens (including phenoxy) is 2. The summed E-state index contributed by atoms with van der Waals surface area (Å²) in [4.78, 5) is 197. The van der Waals surface area contributed by atoms with E-state index in [9.17, 15) is 48.3 Å². The summed E-state index contributed by atoms with van der Waals surface area (Å²) >= 11 is 0. The summed E-state index contributed by atoms with van der Waals surface area (Å²) in [5, 5.41) is 23.5. The highest BCUT2D eigenvalue weighted by Crippen LogP contribution is 2.44. The van der Waals surface area contributed by atoms with Gasteiger partial charge in [0, 0.05) is 61.7 Å². The molecule has 1 aliphatic carbocycles. The number of rotatable bonds is 19. The highest BCUT2D eigenvalue weighted by molar-refractivity contribution is 6.00. The SMILES string of the molecule is CC[C@@H]1NC(=O)[C@H]([C@H](O)[C@H](C)CCCC(=O)OC(=O)OCC2c3ccccc3-c3ccccc32)N(C)C(=O)[C@H](C(C)C)N(C)C(=O)[C@H](CC(C)C)N(C)C(=O)[C@H](CC(C)C)N(C)C(=O)[C@@H](C)NC(=O)[C@H](C)NC(=O)[C@H](CC(C)C)N(C)C(=O)[C@H](C(C)C)NC(=O)[C@H](CC(C)C)N(C)C(=O)CN(C)C1=O. The normalized spacial score (nSPS) is 24.4. The molecule has 1 saturated heterocycles. The molecule has 0 aromatic heterocycles. The minimum absolute atomic E-state index is 0.0153. The van der Waals surface area contributed by atoms with Gasteiger partial charge in [-0.2, -0.15) is 0 Å². The Hall–Kier alpha value is -8.49. The van der Waals surface area contributed by atoms with E-state index in [1.54, 1.807) is 41.5 Å². The second kappa shape index (κ2) is 39.6. The van der Waals surface area contributed by atoms with E-state index in [-0.39, 0.29) is 87.6 Å². The fraction of sp³-hybridized carbons (Fsp3) is 0.675. The Morgan fingerprint density at radius 3 is 1.42 bits per heavy atom. The number of benzene rings is 2.